The van der Waals surface area contributed by atoms with Crippen molar-refractivity contribution in [2.75, 3.05) is 13.7 Å². The maximum Gasteiger partial charge on any atom is 0.124 e. The van der Waals surface area contributed by atoms with Gasteiger partial charge in [0.2, 0.25) is 0 Å². The van der Waals surface area contributed by atoms with Gasteiger partial charge in [-0.1, -0.05) is 33.6 Å². The van der Waals surface area contributed by atoms with Crippen LogP contribution in [-0.4, -0.2) is 18.6 Å². The second kappa shape index (κ2) is 5.69. The van der Waals surface area contributed by atoms with Crippen molar-refractivity contribution in [1.29, 1.82) is 0 Å². The molecule has 3 aromatic rings. The third-order valence-electron chi connectivity index (χ3n) is 4.61. The average Bonchev–Trinajstić information content (AvgIpc) is 2.92. The largest absolute Gasteiger partial charge is 0.496 e. The SMILES string of the molecule is COc1ccc(C)cc1C1NCCc2c1[nH]c1ccc(Br)cc21. The minimum absolute atomic E-state index is 0.139. The maximum atomic E-state index is 5.60. The van der Waals surface area contributed by atoms with Gasteiger partial charge in [0.05, 0.1) is 13.2 Å². The molecule has 1 aliphatic heterocycles. The molecule has 3 nitrogen and oxygen atoms in total. The number of aromatic amines is 1. The van der Waals surface area contributed by atoms with Crippen LogP contribution in [0.15, 0.2) is 40.9 Å². The van der Waals surface area contributed by atoms with E-state index in [0.717, 1.165) is 23.2 Å². The van der Waals surface area contributed by atoms with Crippen LogP contribution in [0, 0.1) is 6.92 Å². The van der Waals surface area contributed by atoms with Gasteiger partial charge in [0, 0.05) is 33.2 Å². The Bertz CT molecular complexity index is 884. The van der Waals surface area contributed by atoms with E-state index in [1.807, 2.05) is 0 Å². The number of ether oxygens (including phenoxy) is 1. The van der Waals surface area contributed by atoms with Crippen molar-refractivity contribution in [3.8, 4) is 5.75 Å². The summed E-state index contributed by atoms with van der Waals surface area (Å²) in [6.07, 6.45) is 1.04. The van der Waals surface area contributed by atoms with Crippen molar-refractivity contribution in [3.05, 3.63) is 63.3 Å². The second-order valence-electron chi connectivity index (χ2n) is 6.09. The molecule has 2 aromatic carbocycles. The molecule has 2 N–H and O–H groups in total. The molecule has 1 unspecified atom stereocenters. The second-order valence-corrected chi connectivity index (χ2v) is 7.01. The Labute approximate surface area is 144 Å². The molecule has 23 heavy (non-hydrogen) atoms. The van der Waals surface area contributed by atoms with Crippen LogP contribution in [0.2, 0.25) is 0 Å². The fraction of sp³-hybridized carbons (Fsp3) is 0.263. The van der Waals surface area contributed by atoms with Gasteiger partial charge < -0.3 is 15.0 Å². The summed E-state index contributed by atoms with van der Waals surface area (Å²) >= 11 is 3.59. The van der Waals surface area contributed by atoms with Gasteiger partial charge in [-0.15, -0.1) is 0 Å². The number of aryl methyl sites for hydroxylation is 1. The lowest BCUT2D eigenvalue weighted by atomic mass is 9.93. The van der Waals surface area contributed by atoms with Crippen molar-refractivity contribution >= 4 is 26.8 Å². The van der Waals surface area contributed by atoms with E-state index < -0.39 is 0 Å². The summed E-state index contributed by atoms with van der Waals surface area (Å²) in [5.41, 5.74) is 6.30. The molecular formula is C19H19BrN2O. The number of H-pyrrole nitrogens is 1. The van der Waals surface area contributed by atoms with E-state index >= 15 is 0 Å². The van der Waals surface area contributed by atoms with Crippen LogP contribution in [-0.2, 0) is 6.42 Å². The standard InChI is InChI=1S/C19H19BrN2O/c1-11-3-6-17(23-2)15(9-11)18-19-13(7-8-21-18)14-10-12(20)4-5-16(14)22-19/h3-6,9-10,18,21-22H,7-8H2,1-2H3. The Morgan fingerprint density at radius 3 is 2.87 bits per heavy atom. The molecule has 4 rings (SSSR count). The van der Waals surface area contributed by atoms with E-state index in [2.05, 4.69) is 69.6 Å². The molecule has 0 radical (unpaired) electrons. The molecule has 1 aliphatic rings. The molecule has 0 bridgehead atoms. The molecule has 0 spiro atoms. The van der Waals surface area contributed by atoms with Crippen molar-refractivity contribution in [3.63, 3.8) is 0 Å². The Balaban J connectivity index is 1.91. The molecule has 4 heteroatoms. The number of hydrogen-bond acceptors (Lipinski definition) is 2. The number of halogens is 1. The highest BCUT2D eigenvalue weighted by Crippen LogP contribution is 2.37. The van der Waals surface area contributed by atoms with Crippen molar-refractivity contribution < 1.29 is 4.74 Å². The van der Waals surface area contributed by atoms with E-state index in [1.54, 1.807) is 7.11 Å². The number of aromatic nitrogens is 1. The van der Waals surface area contributed by atoms with Crippen LogP contribution in [0.25, 0.3) is 10.9 Å². The summed E-state index contributed by atoms with van der Waals surface area (Å²) < 4.78 is 6.72. The molecule has 118 valence electrons. The first-order valence-electron chi connectivity index (χ1n) is 7.85. The van der Waals surface area contributed by atoms with Crippen LogP contribution in [0.4, 0.5) is 0 Å². The first-order chi connectivity index (χ1) is 11.2. The van der Waals surface area contributed by atoms with Gasteiger partial charge in [0.1, 0.15) is 5.75 Å². The van der Waals surface area contributed by atoms with Crippen molar-refractivity contribution in [1.82, 2.24) is 10.3 Å². The van der Waals surface area contributed by atoms with Gasteiger partial charge in [-0.25, -0.2) is 0 Å². The first kappa shape index (κ1) is 14.8. The monoisotopic (exact) mass is 370 g/mol. The number of nitrogens with one attached hydrogen (secondary N) is 2. The molecule has 2 heterocycles. The van der Waals surface area contributed by atoms with Crippen LogP contribution in [0.1, 0.15) is 28.4 Å². The fourth-order valence-corrected chi connectivity index (χ4v) is 3.91. The van der Waals surface area contributed by atoms with Crippen LogP contribution in [0.3, 0.4) is 0 Å². The zero-order valence-corrected chi connectivity index (χ0v) is 14.8. The van der Waals surface area contributed by atoms with Gasteiger partial charge >= 0.3 is 0 Å². The minimum Gasteiger partial charge on any atom is -0.496 e. The van der Waals surface area contributed by atoms with E-state index in [9.17, 15) is 0 Å². The van der Waals surface area contributed by atoms with Gasteiger partial charge in [-0.2, -0.15) is 0 Å². The summed E-state index contributed by atoms with van der Waals surface area (Å²) in [5, 5.41) is 4.96. The van der Waals surface area contributed by atoms with E-state index in [-0.39, 0.29) is 6.04 Å². The summed E-state index contributed by atoms with van der Waals surface area (Å²) in [6, 6.07) is 12.9. The first-order valence-corrected chi connectivity index (χ1v) is 8.64. The smallest absolute Gasteiger partial charge is 0.124 e. The van der Waals surface area contributed by atoms with Crippen LogP contribution < -0.4 is 10.1 Å². The van der Waals surface area contributed by atoms with Gasteiger partial charge in [-0.05, 0) is 43.2 Å². The van der Waals surface area contributed by atoms with Crippen molar-refractivity contribution in [2.45, 2.75) is 19.4 Å². The lowest BCUT2D eigenvalue weighted by molar-refractivity contribution is 0.402. The number of rotatable bonds is 2. The lowest BCUT2D eigenvalue weighted by Crippen LogP contribution is -2.30. The van der Waals surface area contributed by atoms with Gasteiger partial charge in [0.25, 0.3) is 0 Å². The molecular weight excluding hydrogens is 352 g/mol. The van der Waals surface area contributed by atoms with Crippen LogP contribution in [0.5, 0.6) is 5.75 Å². The molecule has 0 aliphatic carbocycles. The average molecular weight is 371 g/mol. The Morgan fingerprint density at radius 2 is 2.04 bits per heavy atom. The number of benzene rings is 2. The molecule has 0 saturated carbocycles. The highest BCUT2D eigenvalue weighted by Gasteiger charge is 2.27. The summed E-state index contributed by atoms with van der Waals surface area (Å²) in [5.74, 6) is 0.931. The Kier molecular flexibility index (Phi) is 3.66. The van der Waals surface area contributed by atoms with Gasteiger partial charge in [0.15, 0.2) is 0 Å². The molecule has 0 amide bonds. The summed E-state index contributed by atoms with van der Waals surface area (Å²) in [4.78, 5) is 3.62. The molecule has 0 fully saturated rings. The van der Waals surface area contributed by atoms with Gasteiger partial charge in [-0.3, -0.25) is 0 Å². The fourth-order valence-electron chi connectivity index (χ4n) is 3.54. The minimum atomic E-state index is 0.139. The quantitative estimate of drug-likeness (QED) is 0.697. The number of methoxy groups -OCH3 is 1. The number of fused-ring (bicyclic) bond motifs is 3. The summed E-state index contributed by atoms with van der Waals surface area (Å²) in [6.45, 7) is 3.09. The zero-order chi connectivity index (χ0) is 16.0. The molecule has 1 aromatic heterocycles. The topological polar surface area (TPSA) is 37.0 Å². The lowest BCUT2D eigenvalue weighted by Gasteiger charge is -2.26. The van der Waals surface area contributed by atoms with E-state index in [4.69, 9.17) is 4.74 Å². The highest BCUT2D eigenvalue weighted by molar-refractivity contribution is 9.10. The molecule has 0 saturated heterocycles. The predicted octanol–water partition coefficient (Wildman–Crippen LogP) is 4.48. The van der Waals surface area contributed by atoms with Crippen LogP contribution >= 0.6 is 15.9 Å². The third kappa shape index (κ3) is 2.46. The summed E-state index contributed by atoms with van der Waals surface area (Å²) in [7, 11) is 1.74. The molecule has 1 atom stereocenters. The Morgan fingerprint density at radius 1 is 1.17 bits per heavy atom. The third-order valence-corrected chi connectivity index (χ3v) is 5.10. The predicted molar refractivity (Wildman–Crippen MR) is 97.3 cm³/mol. The Hall–Kier alpha value is -1.78. The zero-order valence-electron chi connectivity index (χ0n) is 13.2. The van der Waals surface area contributed by atoms with E-state index in [0.29, 0.717) is 0 Å². The normalized spacial score (nSPS) is 17.3. The van der Waals surface area contributed by atoms with E-state index in [1.165, 1.54) is 33.3 Å². The maximum absolute atomic E-state index is 5.60. The highest BCUT2D eigenvalue weighted by atomic mass is 79.9. The number of hydrogen-bond donors (Lipinski definition) is 2. The van der Waals surface area contributed by atoms with Crippen molar-refractivity contribution in [2.24, 2.45) is 0 Å².